The summed E-state index contributed by atoms with van der Waals surface area (Å²) >= 11 is 0. The van der Waals surface area contributed by atoms with E-state index in [0.29, 0.717) is 0 Å². The summed E-state index contributed by atoms with van der Waals surface area (Å²) in [5.74, 6) is 0. The molecule has 0 fully saturated rings. The normalized spacial score (nSPS) is 11.5. The van der Waals surface area contributed by atoms with Gasteiger partial charge >= 0.3 is 0 Å². The topological polar surface area (TPSA) is 26.0 Å². The molecule has 0 saturated heterocycles. The summed E-state index contributed by atoms with van der Waals surface area (Å²) < 4.78 is 0. The molecule has 0 radical (unpaired) electrons. The second kappa shape index (κ2) is 4.96. The summed E-state index contributed by atoms with van der Waals surface area (Å²) in [4.78, 5) is 0. The van der Waals surface area contributed by atoms with Crippen molar-refractivity contribution < 1.29 is 0 Å². The summed E-state index contributed by atoms with van der Waals surface area (Å²) in [6.07, 6.45) is 1.74. The zero-order valence-electron chi connectivity index (χ0n) is 7.16. The van der Waals surface area contributed by atoms with Crippen LogP contribution in [-0.2, 0) is 0 Å². The first-order valence-corrected chi connectivity index (χ1v) is 3.68. The number of hydrogen-bond donors (Lipinski definition) is 1. The monoisotopic (exact) mass is 183 g/mol. The standard InChI is InChI=1S/C10H13N.ClH/c1-3-10(11)9-6-4-8(2)5-7-9;/h3-7,10H,1,11H2,2H3;1H/t10-;/m1./s1. The van der Waals surface area contributed by atoms with Crippen LogP contribution in [0.1, 0.15) is 17.2 Å². The van der Waals surface area contributed by atoms with Gasteiger partial charge in [0, 0.05) is 6.04 Å². The number of hydrogen-bond acceptors (Lipinski definition) is 1. The van der Waals surface area contributed by atoms with Gasteiger partial charge in [0.05, 0.1) is 0 Å². The fraction of sp³-hybridized carbons (Fsp3) is 0.200. The van der Waals surface area contributed by atoms with Gasteiger partial charge < -0.3 is 5.73 Å². The van der Waals surface area contributed by atoms with E-state index in [1.54, 1.807) is 6.08 Å². The lowest BCUT2D eigenvalue weighted by Crippen LogP contribution is -2.05. The van der Waals surface area contributed by atoms with Crippen LogP contribution in [-0.4, -0.2) is 0 Å². The molecule has 0 amide bonds. The van der Waals surface area contributed by atoms with Crippen LogP contribution in [0.15, 0.2) is 36.9 Å². The lowest BCUT2D eigenvalue weighted by molar-refractivity contribution is 0.913. The average Bonchev–Trinajstić information content (AvgIpc) is 2.05. The Morgan fingerprint density at radius 2 is 1.83 bits per heavy atom. The van der Waals surface area contributed by atoms with Gasteiger partial charge in [-0.15, -0.1) is 19.0 Å². The lowest BCUT2D eigenvalue weighted by atomic mass is 10.1. The molecule has 2 N–H and O–H groups in total. The van der Waals surface area contributed by atoms with Crippen molar-refractivity contribution in [3.8, 4) is 0 Å². The van der Waals surface area contributed by atoms with E-state index in [-0.39, 0.29) is 18.4 Å². The second-order valence-corrected chi connectivity index (χ2v) is 2.67. The van der Waals surface area contributed by atoms with Gasteiger partial charge in [-0.25, -0.2) is 0 Å². The highest BCUT2D eigenvalue weighted by Crippen LogP contribution is 2.11. The quantitative estimate of drug-likeness (QED) is 0.701. The molecule has 12 heavy (non-hydrogen) atoms. The molecule has 66 valence electrons. The van der Waals surface area contributed by atoms with Gasteiger partial charge in [0.25, 0.3) is 0 Å². The Bertz CT molecular complexity index is 241. The second-order valence-electron chi connectivity index (χ2n) is 2.67. The van der Waals surface area contributed by atoms with Crippen molar-refractivity contribution in [3.63, 3.8) is 0 Å². The van der Waals surface area contributed by atoms with E-state index >= 15 is 0 Å². The summed E-state index contributed by atoms with van der Waals surface area (Å²) in [7, 11) is 0. The van der Waals surface area contributed by atoms with Gasteiger partial charge in [-0.3, -0.25) is 0 Å². The zero-order valence-corrected chi connectivity index (χ0v) is 7.97. The van der Waals surface area contributed by atoms with Crippen molar-refractivity contribution >= 4 is 12.4 Å². The predicted octanol–water partition coefficient (Wildman–Crippen LogP) is 2.60. The van der Waals surface area contributed by atoms with E-state index in [1.165, 1.54) is 5.56 Å². The minimum Gasteiger partial charge on any atom is -0.321 e. The molecule has 1 atom stereocenters. The first-order chi connectivity index (χ1) is 5.24. The molecule has 1 nitrogen and oxygen atoms in total. The van der Waals surface area contributed by atoms with Gasteiger partial charge in [-0.2, -0.15) is 0 Å². The molecule has 0 aliphatic carbocycles. The summed E-state index contributed by atoms with van der Waals surface area (Å²) in [6.45, 7) is 5.69. The predicted molar refractivity (Wildman–Crippen MR) is 55.6 cm³/mol. The molecule has 1 aromatic rings. The van der Waals surface area contributed by atoms with E-state index in [9.17, 15) is 0 Å². The Kier molecular flexibility index (Phi) is 4.64. The molecule has 0 aromatic heterocycles. The fourth-order valence-electron chi connectivity index (χ4n) is 0.925. The Morgan fingerprint density at radius 3 is 2.25 bits per heavy atom. The van der Waals surface area contributed by atoms with Gasteiger partial charge in [0.1, 0.15) is 0 Å². The third-order valence-electron chi connectivity index (χ3n) is 1.72. The molecule has 1 rings (SSSR count). The Hall–Kier alpha value is -0.790. The smallest absolute Gasteiger partial charge is 0.0478 e. The minimum absolute atomic E-state index is 0. The maximum atomic E-state index is 5.73. The Balaban J connectivity index is 0.00000121. The van der Waals surface area contributed by atoms with Crippen molar-refractivity contribution in [1.82, 2.24) is 0 Å². The van der Waals surface area contributed by atoms with Crippen molar-refractivity contribution in [2.75, 3.05) is 0 Å². The number of benzene rings is 1. The van der Waals surface area contributed by atoms with Crippen LogP contribution < -0.4 is 5.73 Å². The van der Waals surface area contributed by atoms with E-state index in [0.717, 1.165) is 5.56 Å². The third kappa shape index (κ3) is 2.68. The van der Waals surface area contributed by atoms with Crippen molar-refractivity contribution in [2.24, 2.45) is 5.73 Å². The summed E-state index contributed by atoms with van der Waals surface area (Å²) in [5, 5.41) is 0. The molecule has 0 heterocycles. The fourth-order valence-corrected chi connectivity index (χ4v) is 0.925. The molecular weight excluding hydrogens is 170 g/mol. The molecule has 1 aromatic carbocycles. The number of halogens is 1. The third-order valence-corrected chi connectivity index (χ3v) is 1.72. The van der Waals surface area contributed by atoms with Gasteiger partial charge in [0.2, 0.25) is 0 Å². The van der Waals surface area contributed by atoms with Crippen LogP contribution in [0.3, 0.4) is 0 Å². The van der Waals surface area contributed by atoms with Gasteiger partial charge in [-0.1, -0.05) is 35.9 Å². The number of aryl methyl sites for hydroxylation is 1. The molecule has 0 aliphatic heterocycles. The van der Waals surface area contributed by atoms with E-state index in [4.69, 9.17) is 5.73 Å². The van der Waals surface area contributed by atoms with E-state index in [2.05, 4.69) is 25.6 Å². The van der Waals surface area contributed by atoms with Crippen LogP contribution in [0, 0.1) is 6.92 Å². The van der Waals surface area contributed by atoms with Crippen LogP contribution in [0.2, 0.25) is 0 Å². The van der Waals surface area contributed by atoms with Gasteiger partial charge in [-0.05, 0) is 12.5 Å². The molecule has 2 heteroatoms. The lowest BCUT2D eigenvalue weighted by Gasteiger charge is -2.05. The maximum absolute atomic E-state index is 5.73. The molecule has 0 bridgehead atoms. The number of rotatable bonds is 2. The minimum atomic E-state index is -0.0319. The molecule has 0 saturated carbocycles. The number of nitrogens with two attached hydrogens (primary N) is 1. The maximum Gasteiger partial charge on any atom is 0.0478 e. The van der Waals surface area contributed by atoms with Crippen molar-refractivity contribution in [3.05, 3.63) is 48.0 Å². The average molecular weight is 184 g/mol. The van der Waals surface area contributed by atoms with Crippen LogP contribution >= 0.6 is 12.4 Å². The molecule has 0 unspecified atom stereocenters. The van der Waals surface area contributed by atoms with Gasteiger partial charge in [0.15, 0.2) is 0 Å². The highest BCUT2D eigenvalue weighted by atomic mass is 35.5. The van der Waals surface area contributed by atoms with Crippen LogP contribution in [0.4, 0.5) is 0 Å². The van der Waals surface area contributed by atoms with E-state index in [1.807, 2.05) is 12.1 Å². The zero-order chi connectivity index (χ0) is 8.27. The van der Waals surface area contributed by atoms with Crippen molar-refractivity contribution in [2.45, 2.75) is 13.0 Å². The SMILES string of the molecule is C=C[C@@H](N)c1ccc(C)cc1.Cl. The summed E-state index contributed by atoms with van der Waals surface area (Å²) in [6, 6.07) is 8.14. The Morgan fingerprint density at radius 1 is 1.33 bits per heavy atom. The highest BCUT2D eigenvalue weighted by Gasteiger charge is 1.98. The van der Waals surface area contributed by atoms with Crippen molar-refractivity contribution in [1.29, 1.82) is 0 Å². The summed E-state index contributed by atoms with van der Waals surface area (Å²) in [5.41, 5.74) is 8.10. The van der Waals surface area contributed by atoms with E-state index < -0.39 is 0 Å². The molecule has 0 aliphatic rings. The molecular formula is C10H14ClN. The molecule has 0 spiro atoms. The van der Waals surface area contributed by atoms with Crippen LogP contribution in [0.5, 0.6) is 0 Å². The Labute approximate surface area is 79.7 Å². The highest BCUT2D eigenvalue weighted by molar-refractivity contribution is 5.85. The first kappa shape index (κ1) is 11.2. The van der Waals surface area contributed by atoms with Crippen LogP contribution in [0.25, 0.3) is 0 Å². The first-order valence-electron chi connectivity index (χ1n) is 3.68. The largest absolute Gasteiger partial charge is 0.321 e.